The molecular weight excluding hydrogens is 388 g/mol. The van der Waals surface area contributed by atoms with Gasteiger partial charge in [0, 0.05) is 33.6 Å². The molecule has 2 atom stereocenters. The molecular formula is C25H30N4O2. The molecule has 4 rings (SSSR count). The number of aryl methyl sites for hydroxylation is 4. The lowest BCUT2D eigenvalue weighted by Crippen LogP contribution is -2.04. The van der Waals surface area contributed by atoms with Crippen molar-refractivity contribution in [2.45, 2.75) is 26.1 Å². The Bertz CT molecular complexity index is 1120. The van der Waals surface area contributed by atoms with Crippen LogP contribution in [0.1, 0.15) is 45.8 Å². The molecule has 0 bridgehead atoms. The van der Waals surface area contributed by atoms with Crippen molar-refractivity contribution >= 4 is 0 Å². The van der Waals surface area contributed by atoms with E-state index in [9.17, 15) is 5.11 Å². The van der Waals surface area contributed by atoms with Gasteiger partial charge >= 0.3 is 0 Å². The summed E-state index contributed by atoms with van der Waals surface area (Å²) in [5.41, 5.74) is 6.02. The van der Waals surface area contributed by atoms with Crippen molar-refractivity contribution < 1.29 is 9.84 Å². The maximum Gasteiger partial charge on any atom is 0.126 e. The van der Waals surface area contributed by atoms with Gasteiger partial charge in [0.15, 0.2) is 0 Å². The molecule has 4 aromatic rings. The van der Waals surface area contributed by atoms with Crippen molar-refractivity contribution in [3.05, 3.63) is 107 Å². The van der Waals surface area contributed by atoms with E-state index < -0.39 is 6.10 Å². The first kappa shape index (κ1) is 22.5. The standard InChI is InChI=1S/C13H16N2O.C12H14N2O/c1-10-5-4-6-11(7-10)13(16-3)12-8-15(2)9-14-12;1-9-4-3-5-10(6-9)12(15)11-7-14(2)8-13-11/h4-9,13H,1-3H3;3-8,12,15H,1-2H3. The lowest BCUT2D eigenvalue weighted by atomic mass is 10.0. The first-order chi connectivity index (χ1) is 14.9. The predicted molar refractivity (Wildman–Crippen MR) is 122 cm³/mol. The Morgan fingerprint density at radius 3 is 1.81 bits per heavy atom. The Labute approximate surface area is 183 Å². The van der Waals surface area contributed by atoms with Crippen LogP contribution < -0.4 is 0 Å². The van der Waals surface area contributed by atoms with Crippen molar-refractivity contribution in [1.29, 1.82) is 0 Å². The minimum atomic E-state index is -0.633. The van der Waals surface area contributed by atoms with E-state index in [0.29, 0.717) is 5.69 Å². The molecule has 0 fully saturated rings. The van der Waals surface area contributed by atoms with E-state index in [1.54, 1.807) is 19.8 Å². The SMILES string of the molecule is COC(c1cccc(C)c1)c1cn(C)cn1.Cc1cccc(C(O)c2cn(C)cn2)c1. The molecule has 6 nitrogen and oxygen atoms in total. The monoisotopic (exact) mass is 418 g/mol. The van der Waals surface area contributed by atoms with Crippen LogP contribution in [0.3, 0.4) is 0 Å². The van der Waals surface area contributed by atoms with Crippen LogP contribution in [0.2, 0.25) is 0 Å². The second-order valence-electron chi connectivity index (χ2n) is 7.77. The van der Waals surface area contributed by atoms with Crippen LogP contribution in [0, 0.1) is 13.8 Å². The van der Waals surface area contributed by atoms with Crippen molar-refractivity contribution in [3.63, 3.8) is 0 Å². The van der Waals surface area contributed by atoms with Gasteiger partial charge in [-0.25, -0.2) is 9.97 Å². The molecule has 0 spiro atoms. The summed E-state index contributed by atoms with van der Waals surface area (Å²) in [5, 5.41) is 10.1. The fourth-order valence-corrected chi connectivity index (χ4v) is 3.41. The second-order valence-corrected chi connectivity index (χ2v) is 7.77. The molecule has 1 N–H and O–H groups in total. The number of nitrogens with zero attached hydrogens (tertiary/aromatic N) is 4. The average molecular weight is 419 g/mol. The third-order valence-corrected chi connectivity index (χ3v) is 4.94. The summed E-state index contributed by atoms with van der Waals surface area (Å²) in [6, 6.07) is 16.1. The zero-order valence-electron chi connectivity index (χ0n) is 18.7. The van der Waals surface area contributed by atoms with E-state index in [-0.39, 0.29) is 6.10 Å². The number of ether oxygens (including phenoxy) is 1. The first-order valence-electron chi connectivity index (χ1n) is 10.2. The van der Waals surface area contributed by atoms with E-state index in [1.807, 2.05) is 72.9 Å². The smallest absolute Gasteiger partial charge is 0.126 e. The summed E-state index contributed by atoms with van der Waals surface area (Å²) >= 11 is 0. The molecule has 0 radical (unpaired) electrons. The molecule has 0 aliphatic carbocycles. The Morgan fingerprint density at radius 1 is 0.806 bits per heavy atom. The Balaban J connectivity index is 0.000000176. The van der Waals surface area contributed by atoms with E-state index in [1.165, 1.54) is 5.56 Å². The summed E-state index contributed by atoms with van der Waals surface area (Å²) in [4.78, 5) is 8.47. The van der Waals surface area contributed by atoms with Gasteiger partial charge in [-0.2, -0.15) is 0 Å². The number of imidazole rings is 2. The molecule has 0 saturated carbocycles. The third-order valence-electron chi connectivity index (χ3n) is 4.94. The summed E-state index contributed by atoms with van der Waals surface area (Å²) < 4.78 is 9.27. The van der Waals surface area contributed by atoms with Crippen LogP contribution in [0.25, 0.3) is 0 Å². The zero-order chi connectivity index (χ0) is 22.4. The highest BCUT2D eigenvalue weighted by atomic mass is 16.5. The van der Waals surface area contributed by atoms with Crippen LogP contribution in [-0.4, -0.2) is 31.3 Å². The Hall–Kier alpha value is -3.22. The number of hydrogen-bond donors (Lipinski definition) is 1. The fraction of sp³-hybridized carbons (Fsp3) is 0.280. The molecule has 2 unspecified atom stereocenters. The molecule has 31 heavy (non-hydrogen) atoms. The van der Waals surface area contributed by atoms with Gasteiger partial charge in [0.25, 0.3) is 0 Å². The van der Waals surface area contributed by atoms with E-state index in [0.717, 1.165) is 22.4 Å². The molecule has 162 valence electrons. The highest BCUT2D eigenvalue weighted by molar-refractivity contribution is 5.29. The van der Waals surface area contributed by atoms with Crippen molar-refractivity contribution in [2.75, 3.05) is 7.11 Å². The molecule has 0 aliphatic heterocycles. The minimum absolute atomic E-state index is 0.0823. The number of methoxy groups -OCH3 is 1. The second kappa shape index (κ2) is 10.2. The number of hydrogen-bond acceptors (Lipinski definition) is 4. The van der Waals surface area contributed by atoms with Crippen LogP contribution in [-0.2, 0) is 18.8 Å². The van der Waals surface area contributed by atoms with E-state index in [4.69, 9.17) is 4.74 Å². The van der Waals surface area contributed by atoms with Crippen LogP contribution >= 0.6 is 0 Å². The predicted octanol–water partition coefficient (Wildman–Crippen LogP) is 4.27. The quantitative estimate of drug-likeness (QED) is 0.526. The van der Waals surface area contributed by atoms with Gasteiger partial charge < -0.3 is 19.0 Å². The zero-order valence-corrected chi connectivity index (χ0v) is 18.7. The Kier molecular flexibility index (Phi) is 7.39. The Morgan fingerprint density at radius 2 is 1.32 bits per heavy atom. The summed E-state index contributed by atoms with van der Waals surface area (Å²) in [7, 11) is 5.56. The topological polar surface area (TPSA) is 65.1 Å². The van der Waals surface area contributed by atoms with Gasteiger partial charge in [-0.05, 0) is 25.0 Å². The molecule has 0 aliphatic rings. The molecule has 6 heteroatoms. The highest BCUT2D eigenvalue weighted by Crippen LogP contribution is 2.24. The third kappa shape index (κ3) is 5.90. The van der Waals surface area contributed by atoms with Crippen molar-refractivity contribution in [3.8, 4) is 0 Å². The first-order valence-corrected chi connectivity index (χ1v) is 10.2. The summed E-state index contributed by atoms with van der Waals surface area (Å²) in [6.45, 7) is 4.09. The van der Waals surface area contributed by atoms with Gasteiger partial charge in [0.1, 0.15) is 12.2 Å². The van der Waals surface area contributed by atoms with Gasteiger partial charge in [0.05, 0.1) is 24.0 Å². The molecule has 2 heterocycles. The summed E-state index contributed by atoms with van der Waals surface area (Å²) in [6.07, 6.45) is 6.57. The minimum Gasteiger partial charge on any atom is -0.382 e. The van der Waals surface area contributed by atoms with Crippen LogP contribution in [0.5, 0.6) is 0 Å². The van der Waals surface area contributed by atoms with Crippen LogP contribution in [0.15, 0.2) is 73.6 Å². The van der Waals surface area contributed by atoms with E-state index >= 15 is 0 Å². The summed E-state index contributed by atoms with van der Waals surface area (Å²) in [5.74, 6) is 0. The van der Waals surface area contributed by atoms with Gasteiger partial charge in [-0.3, -0.25) is 0 Å². The molecule has 2 aromatic carbocycles. The fourth-order valence-electron chi connectivity index (χ4n) is 3.41. The van der Waals surface area contributed by atoms with Gasteiger partial charge in [0.2, 0.25) is 0 Å². The van der Waals surface area contributed by atoms with Crippen molar-refractivity contribution in [1.82, 2.24) is 19.1 Å². The number of benzene rings is 2. The van der Waals surface area contributed by atoms with Crippen LogP contribution in [0.4, 0.5) is 0 Å². The maximum absolute atomic E-state index is 10.1. The number of aliphatic hydroxyl groups is 1. The highest BCUT2D eigenvalue weighted by Gasteiger charge is 2.15. The lowest BCUT2D eigenvalue weighted by molar-refractivity contribution is 0.133. The normalized spacial score (nSPS) is 12.7. The van der Waals surface area contributed by atoms with Gasteiger partial charge in [-0.1, -0.05) is 59.7 Å². The maximum atomic E-state index is 10.1. The van der Waals surface area contributed by atoms with Crippen molar-refractivity contribution in [2.24, 2.45) is 14.1 Å². The molecule has 0 saturated heterocycles. The molecule has 0 amide bonds. The molecule has 2 aromatic heterocycles. The number of aromatic nitrogens is 4. The van der Waals surface area contributed by atoms with Gasteiger partial charge in [-0.15, -0.1) is 0 Å². The largest absolute Gasteiger partial charge is 0.382 e. The van der Waals surface area contributed by atoms with E-state index in [2.05, 4.69) is 35.1 Å². The number of aliphatic hydroxyl groups excluding tert-OH is 1. The lowest BCUT2D eigenvalue weighted by Gasteiger charge is -2.13. The average Bonchev–Trinajstić information content (AvgIpc) is 3.37. The number of rotatable bonds is 5.